The maximum atomic E-state index is 12.6. The zero-order valence-electron chi connectivity index (χ0n) is 16.4. The van der Waals surface area contributed by atoms with Gasteiger partial charge in [-0.15, -0.1) is 0 Å². The van der Waals surface area contributed by atoms with Gasteiger partial charge in [0, 0.05) is 43.3 Å². The quantitative estimate of drug-likeness (QED) is 0.687. The van der Waals surface area contributed by atoms with E-state index in [9.17, 15) is 4.79 Å². The number of rotatable bonds is 3. The summed E-state index contributed by atoms with van der Waals surface area (Å²) in [4.78, 5) is 25.7. The minimum absolute atomic E-state index is 0.125. The highest BCUT2D eigenvalue weighted by molar-refractivity contribution is 5.90. The molecule has 3 N–H and O–H groups in total. The molecule has 1 saturated heterocycles. The van der Waals surface area contributed by atoms with E-state index in [0.29, 0.717) is 48.5 Å². The molecule has 3 aromatic rings. The monoisotopic (exact) mass is 406 g/mol. The van der Waals surface area contributed by atoms with Gasteiger partial charge in [0.2, 0.25) is 6.79 Å². The van der Waals surface area contributed by atoms with E-state index in [1.807, 2.05) is 30.3 Å². The number of hydrogen-bond acceptors (Lipinski definition) is 7. The normalized spacial score (nSPS) is 16.1. The standard InChI is InChI=1S/C21H22N6O3/c22-20-15-3-1-2-4-16(15)24-19(25-20)12-26-7-9-27(10-8-26)21(28)23-14-5-6-17-18(11-14)30-13-29-17/h1-6,11H,7-10,12-13H2,(H,23,28)(H2,22,24,25). The van der Waals surface area contributed by atoms with Gasteiger partial charge in [0.15, 0.2) is 11.5 Å². The summed E-state index contributed by atoms with van der Waals surface area (Å²) in [5, 5.41) is 3.79. The molecule has 2 aromatic carbocycles. The van der Waals surface area contributed by atoms with E-state index in [2.05, 4.69) is 20.2 Å². The fourth-order valence-corrected chi connectivity index (χ4v) is 3.71. The molecule has 0 atom stereocenters. The number of urea groups is 1. The van der Waals surface area contributed by atoms with E-state index >= 15 is 0 Å². The molecule has 2 aliphatic rings. The molecule has 30 heavy (non-hydrogen) atoms. The molecule has 0 unspecified atom stereocenters. The molecular formula is C21H22N6O3. The summed E-state index contributed by atoms with van der Waals surface area (Å²) in [5.74, 6) is 2.53. The van der Waals surface area contributed by atoms with Gasteiger partial charge >= 0.3 is 6.03 Å². The highest BCUT2D eigenvalue weighted by Crippen LogP contribution is 2.34. The van der Waals surface area contributed by atoms with Gasteiger partial charge in [0.1, 0.15) is 11.6 Å². The number of nitrogen functional groups attached to an aromatic ring is 1. The maximum Gasteiger partial charge on any atom is 0.321 e. The van der Waals surface area contributed by atoms with Crippen LogP contribution in [0.4, 0.5) is 16.3 Å². The van der Waals surface area contributed by atoms with E-state index in [1.54, 1.807) is 17.0 Å². The fraction of sp³-hybridized carbons (Fsp3) is 0.286. The van der Waals surface area contributed by atoms with E-state index in [4.69, 9.17) is 15.2 Å². The second-order valence-electron chi connectivity index (χ2n) is 7.30. The summed E-state index contributed by atoms with van der Waals surface area (Å²) in [6.45, 7) is 3.54. The van der Waals surface area contributed by atoms with Gasteiger partial charge in [-0.1, -0.05) is 12.1 Å². The maximum absolute atomic E-state index is 12.6. The van der Waals surface area contributed by atoms with Crippen molar-refractivity contribution in [3.05, 3.63) is 48.3 Å². The van der Waals surface area contributed by atoms with Crippen molar-refractivity contribution in [3.8, 4) is 11.5 Å². The van der Waals surface area contributed by atoms with Gasteiger partial charge < -0.3 is 25.4 Å². The van der Waals surface area contributed by atoms with Crippen molar-refractivity contribution in [3.63, 3.8) is 0 Å². The Labute approximate surface area is 173 Å². The summed E-state index contributed by atoms with van der Waals surface area (Å²) >= 11 is 0. The van der Waals surface area contributed by atoms with Crippen LogP contribution in [0.3, 0.4) is 0 Å². The second-order valence-corrected chi connectivity index (χ2v) is 7.30. The first-order chi connectivity index (χ1) is 14.7. The third kappa shape index (κ3) is 3.67. The van der Waals surface area contributed by atoms with Gasteiger partial charge in [-0.2, -0.15) is 0 Å². The number of fused-ring (bicyclic) bond motifs is 2. The third-order valence-corrected chi connectivity index (χ3v) is 5.33. The average molecular weight is 406 g/mol. The SMILES string of the molecule is Nc1nc(CN2CCN(C(=O)Nc3ccc4c(c3)OCO4)CC2)nc2ccccc12. The van der Waals surface area contributed by atoms with Gasteiger partial charge in [0.25, 0.3) is 0 Å². The Morgan fingerprint density at radius 3 is 2.70 bits per heavy atom. The number of ether oxygens (including phenoxy) is 2. The molecule has 9 nitrogen and oxygen atoms in total. The second kappa shape index (κ2) is 7.68. The van der Waals surface area contributed by atoms with Crippen molar-refractivity contribution in [2.75, 3.05) is 44.0 Å². The number of nitrogens with two attached hydrogens (primary N) is 1. The predicted octanol–water partition coefficient (Wildman–Crippen LogP) is 2.29. The molecule has 2 amide bonds. The number of para-hydroxylation sites is 1. The molecule has 0 radical (unpaired) electrons. The first kappa shape index (κ1) is 18.4. The van der Waals surface area contributed by atoms with Crippen molar-refractivity contribution in [2.24, 2.45) is 0 Å². The van der Waals surface area contributed by atoms with Crippen molar-refractivity contribution in [1.29, 1.82) is 0 Å². The number of hydrogen-bond donors (Lipinski definition) is 2. The topological polar surface area (TPSA) is 106 Å². The van der Waals surface area contributed by atoms with Crippen LogP contribution in [-0.2, 0) is 6.54 Å². The molecule has 3 heterocycles. The minimum atomic E-state index is -0.125. The lowest BCUT2D eigenvalue weighted by Gasteiger charge is -2.34. The molecule has 0 spiro atoms. The average Bonchev–Trinajstić information content (AvgIpc) is 3.22. The number of piperazine rings is 1. The Morgan fingerprint density at radius 1 is 1.03 bits per heavy atom. The number of amides is 2. The molecule has 2 aliphatic heterocycles. The molecule has 154 valence electrons. The first-order valence-corrected chi connectivity index (χ1v) is 9.85. The van der Waals surface area contributed by atoms with Crippen LogP contribution < -0.4 is 20.5 Å². The fourth-order valence-electron chi connectivity index (χ4n) is 3.71. The van der Waals surface area contributed by atoms with Crippen LogP contribution in [0.15, 0.2) is 42.5 Å². The van der Waals surface area contributed by atoms with Crippen molar-refractivity contribution in [1.82, 2.24) is 19.8 Å². The van der Waals surface area contributed by atoms with Gasteiger partial charge in [-0.3, -0.25) is 4.90 Å². The molecule has 9 heteroatoms. The van der Waals surface area contributed by atoms with Crippen LogP contribution in [0, 0.1) is 0 Å². The number of aromatic nitrogens is 2. The predicted molar refractivity (Wildman–Crippen MR) is 112 cm³/mol. The van der Waals surface area contributed by atoms with E-state index in [1.165, 1.54) is 0 Å². The van der Waals surface area contributed by atoms with E-state index in [0.717, 1.165) is 24.0 Å². The van der Waals surface area contributed by atoms with Gasteiger partial charge in [-0.25, -0.2) is 14.8 Å². The third-order valence-electron chi connectivity index (χ3n) is 5.33. The smallest absolute Gasteiger partial charge is 0.321 e. The summed E-state index contributed by atoms with van der Waals surface area (Å²) in [6.07, 6.45) is 0. The van der Waals surface area contributed by atoms with E-state index < -0.39 is 0 Å². The summed E-state index contributed by atoms with van der Waals surface area (Å²) in [6, 6.07) is 13.0. The minimum Gasteiger partial charge on any atom is -0.454 e. The number of nitrogens with one attached hydrogen (secondary N) is 1. The van der Waals surface area contributed by atoms with Crippen LogP contribution in [0.5, 0.6) is 11.5 Å². The molecule has 5 rings (SSSR count). The lowest BCUT2D eigenvalue weighted by molar-refractivity contribution is 0.141. The van der Waals surface area contributed by atoms with Gasteiger partial charge in [-0.05, 0) is 24.3 Å². The largest absolute Gasteiger partial charge is 0.454 e. The lowest BCUT2D eigenvalue weighted by atomic mass is 10.2. The van der Waals surface area contributed by atoms with Gasteiger partial charge in [0.05, 0.1) is 12.1 Å². The van der Waals surface area contributed by atoms with Crippen LogP contribution in [0.1, 0.15) is 5.82 Å². The molecular weight excluding hydrogens is 384 g/mol. The highest BCUT2D eigenvalue weighted by atomic mass is 16.7. The van der Waals surface area contributed by atoms with E-state index in [-0.39, 0.29) is 12.8 Å². The van der Waals surface area contributed by atoms with Crippen molar-refractivity contribution < 1.29 is 14.3 Å². The van der Waals surface area contributed by atoms with Crippen LogP contribution in [0.25, 0.3) is 10.9 Å². The zero-order valence-corrected chi connectivity index (χ0v) is 16.4. The summed E-state index contributed by atoms with van der Waals surface area (Å²) in [7, 11) is 0. The Hall–Kier alpha value is -3.59. The number of anilines is 2. The van der Waals surface area contributed by atoms with Crippen LogP contribution in [0.2, 0.25) is 0 Å². The molecule has 1 fully saturated rings. The van der Waals surface area contributed by atoms with Crippen molar-refractivity contribution in [2.45, 2.75) is 6.54 Å². The zero-order chi connectivity index (χ0) is 20.5. The molecule has 0 bridgehead atoms. The van der Waals surface area contributed by atoms with Crippen molar-refractivity contribution >= 4 is 28.4 Å². The number of carbonyl (C=O) groups excluding carboxylic acids is 1. The number of benzene rings is 2. The molecule has 0 saturated carbocycles. The lowest BCUT2D eigenvalue weighted by Crippen LogP contribution is -2.49. The summed E-state index contributed by atoms with van der Waals surface area (Å²) in [5.41, 5.74) is 7.62. The Balaban J connectivity index is 1.18. The Morgan fingerprint density at radius 2 is 1.83 bits per heavy atom. The number of nitrogens with zero attached hydrogens (tertiary/aromatic N) is 4. The highest BCUT2D eigenvalue weighted by Gasteiger charge is 2.23. The van der Waals surface area contributed by atoms with Crippen LogP contribution in [-0.4, -0.2) is 58.8 Å². The Kier molecular flexibility index (Phi) is 4.72. The summed E-state index contributed by atoms with van der Waals surface area (Å²) < 4.78 is 10.7. The van der Waals surface area contributed by atoms with Crippen LogP contribution >= 0.6 is 0 Å². The Bertz CT molecular complexity index is 1100. The number of carbonyl (C=O) groups is 1. The first-order valence-electron chi connectivity index (χ1n) is 9.85. The molecule has 0 aliphatic carbocycles. The molecule has 1 aromatic heterocycles.